The van der Waals surface area contributed by atoms with Gasteiger partial charge in [0.05, 0.1) is 33.6 Å². The zero-order valence-electron chi connectivity index (χ0n) is 17.7. The number of halogens is 8. The average molecular weight is 545 g/mol. The first-order chi connectivity index (χ1) is 16.9. The molecule has 0 amide bonds. The van der Waals surface area contributed by atoms with Crippen molar-refractivity contribution in [3.05, 3.63) is 93.4 Å². The van der Waals surface area contributed by atoms with Gasteiger partial charge in [0.15, 0.2) is 0 Å². The second kappa shape index (κ2) is 9.87. The minimum Gasteiger partial charge on any atom is -0.455 e. The largest absolute Gasteiger partial charge is 0.455 e. The molecule has 186 valence electrons. The molecule has 2 aromatic carbocycles. The van der Waals surface area contributed by atoms with Crippen LogP contribution < -0.4 is 0 Å². The van der Waals surface area contributed by atoms with Crippen molar-refractivity contribution >= 4 is 35.6 Å². The summed E-state index contributed by atoms with van der Waals surface area (Å²) in [6.07, 6.45) is -6.67. The van der Waals surface area contributed by atoms with Gasteiger partial charge in [0.1, 0.15) is 23.0 Å². The fourth-order valence-corrected chi connectivity index (χ4v) is 3.52. The van der Waals surface area contributed by atoms with E-state index < -0.39 is 23.5 Å². The van der Waals surface area contributed by atoms with Crippen LogP contribution in [0.3, 0.4) is 0 Å². The van der Waals surface area contributed by atoms with Crippen LogP contribution in [0.15, 0.2) is 79.7 Å². The number of rotatable bonds is 5. The normalized spacial score (nSPS) is 12.8. The highest BCUT2D eigenvalue weighted by Gasteiger charge is 2.32. The van der Waals surface area contributed by atoms with Crippen LogP contribution in [0.1, 0.15) is 22.6 Å². The summed E-state index contributed by atoms with van der Waals surface area (Å²) in [5.41, 5.74) is -1.62. The van der Waals surface area contributed by atoms with E-state index in [0.29, 0.717) is 0 Å². The lowest BCUT2D eigenvalue weighted by Crippen LogP contribution is -2.04. The standard InChI is InChI=1S/C24H12Cl2F6N2O2/c25-19-5-1-13(23(27,28)29)9-17(19)21-7-3-15(35-21)11-33-34-12-16-4-8-22(36-16)18-10-14(24(30,31)32)2-6-20(18)26/h1-12H. The van der Waals surface area contributed by atoms with E-state index in [-0.39, 0.29) is 44.2 Å². The Morgan fingerprint density at radius 1 is 0.583 bits per heavy atom. The first-order valence-corrected chi connectivity index (χ1v) is 10.7. The van der Waals surface area contributed by atoms with Gasteiger partial charge in [-0.1, -0.05) is 23.2 Å². The topological polar surface area (TPSA) is 51.0 Å². The quantitative estimate of drug-likeness (QED) is 0.143. The van der Waals surface area contributed by atoms with E-state index in [1.165, 1.54) is 36.7 Å². The third-order valence-corrected chi connectivity index (χ3v) is 5.47. The first-order valence-electron chi connectivity index (χ1n) is 9.92. The van der Waals surface area contributed by atoms with Gasteiger partial charge in [-0.3, -0.25) is 0 Å². The van der Waals surface area contributed by atoms with Crippen LogP contribution in [0, 0.1) is 0 Å². The lowest BCUT2D eigenvalue weighted by Gasteiger charge is -2.09. The lowest BCUT2D eigenvalue weighted by molar-refractivity contribution is -0.138. The molecule has 0 N–H and O–H groups in total. The SMILES string of the molecule is FC(F)(F)c1ccc(Cl)c(-c2ccc(C=NN=Cc3ccc(-c4cc(C(F)(F)F)ccc4Cl)o3)o2)c1. The lowest BCUT2D eigenvalue weighted by atomic mass is 10.1. The maximum absolute atomic E-state index is 13.0. The maximum atomic E-state index is 13.0. The van der Waals surface area contributed by atoms with E-state index in [9.17, 15) is 26.3 Å². The Hall–Kier alpha value is -3.50. The van der Waals surface area contributed by atoms with E-state index in [1.54, 1.807) is 0 Å². The summed E-state index contributed by atoms with van der Waals surface area (Å²) < 4.78 is 88.8. The molecule has 36 heavy (non-hydrogen) atoms. The number of hydrogen-bond acceptors (Lipinski definition) is 4. The van der Waals surface area contributed by atoms with Gasteiger partial charge >= 0.3 is 12.4 Å². The third kappa shape index (κ3) is 5.83. The van der Waals surface area contributed by atoms with Crippen molar-refractivity contribution in [3.8, 4) is 22.6 Å². The first kappa shape index (κ1) is 25.6. The summed E-state index contributed by atoms with van der Waals surface area (Å²) in [6, 6.07) is 11.6. The predicted octanol–water partition coefficient (Wildman–Crippen LogP) is 9.00. The molecule has 2 heterocycles. The zero-order chi connectivity index (χ0) is 26.1. The Morgan fingerprint density at radius 2 is 0.972 bits per heavy atom. The molecule has 0 aliphatic heterocycles. The molecule has 0 bridgehead atoms. The van der Waals surface area contributed by atoms with Gasteiger partial charge in [-0.15, -0.1) is 0 Å². The number of benzene rings is 2. The second-order valence-electron chi connectivity index (χ2n) is 7.28. The molecule has 0 unspecified atom stereocenters. The van der Waals surface area contributed by atoms with E-state index in [1.807, 2.05) is 0 Å². The number of furan rings is 2. The monoisotopic (exact) mass is 544 g/mol. The van der Waals surface area contributed by atoms with Gasteiger partial charge in [-0.2, -0.15) is 36.5 Å². The molecule has 0 radical (unpaired) electrons. The molecule has 0 aliphatic rings. The minimum absolute atomic E-state index is 0.0611. The summed E-state index contributed by atoms with van der Waals surface area (Å²) >= 11 is 12.0. The van der Waals surface area contributed by atoms with Gasteiger partial charge < -0.3 is 8.83 Å². The van der Waals surface area contributed by atoms with Crippen molar-refractivity contribution in [3.63, 3.8) is 0 Å². The molecule has 0 fully saturated rings. The average Bonchev–Trinajstić information content (AvgIpc) is 3.45. The highest BCUT2D eigenvalue weighted by atomic mass is 35.5. The van der Waals surface area contributed by atoms with E-state index in [2.05, 4.69) is 10.2 Å². The molecule has 2 aromatic heterocycles. The molecule has 12 heteroatoms. The van der Waals surface area contributed by atoms with Crippen molar-refractivity contribution in [2.45, 2.75) is 12.4 Å². The van der Waals surface area contributed by atoms with E-state index in [4.69, 9.17) is 32.0 Å². The van der Waals surface area contributed by atoms with Crippen LogP contribution in [0.2, 0.25) is 10.0 Å². The van der Waals surface area contributed by atoms with Crippen LogP contribution in [0.25, 0.3) is 22.6 Å². The second-order valence-corrected chi connectivity index (χ2v) is 8.09. The van der Waals surface area contributed by atoms with Gasteiger partial charge in [-0.25, -0.2) is 0 Å². The number of nitrogens with zero attached hydrogens (tertiary/aromatic N) is 2. The summed E-state index contributed by atoms with van der Waals surface area (Å²) in [4.78, 5) is 0. The van der Waals surface area contributed by atoms with Gasteiger partial charge in [0.2, 0.25) is 0 Å². The Balaban J connectivity index is 1.47. The fourth-order valence-electron chi connectivity index (χ4n) is 3.10. The minimum atomic E-state index is -4.54. The molecule has 4 nitrogen and oxygen atoms in total. The zero-order valence-corrected chi connectivity index (χ0v) is 19.2. The Labute approximate surface area is 209 Å². The molecule has 0 atom stereocenters. The number of hydrogen-bond donors (Lipinski definition) is 0. The van der Waals surface area contributed by atoms with Crippen molar-refractivity contribution < 1.29 is 35.2 Å². The highest BCUT2D eigenvalue weighted by Crippen LogP contribution is 2.37. The molecule has 0 saturated carbocycles. The van der Waals surface area contributed by atoms with Crippen molar-refractivity contribution in [2.24, 2.45) is 10.2 Å². The molecular formula is C24H12Cl2F6N2O2. The van der Waals surface area contributed by atoms with Gasteiger partial charge in [0.25, 0.3) is 0 Å². The van der Waals surface area contributed by atoms with Crippen LogP contribution in [0.4, 0.5) is 26.3 Å². The smallest absolute Gasteiger partial charge is 0.416 e. The highest BCUT2D eigenvalue weighted by molar-refractivity contribution is 6.33. The summed E-state index contributed by atoms with van der Waals surface area (Å²) in [5.74, 6) is 0.577. The Morgan fingerprint density at radius 3 is 1.33 bits per heavy atom. The van der Waals surface area contributed by atoms with Crippen molar-refractivity contribution in [1.29, 1.82) is 0 Å². The third-order valence-electron chi connectivity index (χ3n) is 4.81. The molecule has 0 spiro atoms. The molecule has 4 rings (SSSR count). The van der Waals surface area contributed by atoms with Crippen LogP contribution in [0.5, 0.6) is 0 Å². The Kier molecular flexibility index (Phi) is 7.01. The van der Waals surface area contributed by atoms with Gasteiger partial charge in [-0.05, 0) is 60.7 Å². The Bertz CT molecular complexity index is 1340. The molecular weight excluding hydrogens is 533 g/mol. The van der Waals surface area contributed by atoms with E-state index in [0.717, 1.165) is 36.4 Å². The van der Waals surface area contributed by atoms with Crippen molar-refractivity contribution in [2.75, 3.05) is 0 Å². The number of alkyl halides is 6. The van der Waals surface area contributed by atoms with Gasteiger partial charge in [0, 0.05) is 11.1 Å². The van der Waals surface area contributed by atoms with Crippen LogP contribution >= 0.6 is 23.2 Å². The van der Waals surface area contributed by atoms with Crippen molar-refractivity contribution in [1.82, 2.24) is 0 Å². The maximum Gasteiger partial charge on any atom is 0.416 e. The molecule has 0 aliphatic carbocycles. The van der Waals surface area contributed by atoms with Crippen LogP contribution in [-0.4, -0.2) is 12.4 Å². The fraction of sp³-hybridized carbons (Fsp3) is 0.0833. The summed E-state index contributed by atoms with van der Waals surface area (Å²) in [6.45, 7) is 0. The summed E-state index contributed by atoms with van der Waals surface area (Å²) in [7, 11) is 0. The molecule has 4 aromatic rings. The summed E-state index contributed by atoms with van der Waals surface area (Å²) in [5, 5.41) is 7.70. The predicted molar refractivity (Wildman–Crippen MR) is 123 cm³/mol. The molecule has 0 saturated heterocycles. The van der Waals surface area contributed by atoms with Crippen LogP contribution in [-0.2, 0) is 12.4 Å². The van der Waals surface area contributed by atoms with E-state index >= 15 is 0 Å².